The van der Waals surface area contributed by atoms with Gasteiger partial charge in [-0.25, -0.2) is 0 Å². The van der Waals surface area contributed by atoms with Crippen molar-refractivity contribution in [2.75, 3.05) is 0 Å². The molecule has 0 unspecified atom stereocenters. The van der Waals surface area contributed by atoms with E-state index in [-0.39, 0.29) is 0 Å². The van der Waals surface area contributed by atoms with Crippen LogP contribution in [0.4, 0.5) is 0 Å². The van der Waals surface area contributed by atoms with Crippen molar-refractivity contribution in [3.8, 4) is 0 Å². The Bertz CT molecular complexity index is 247. The van der Waals surface area contributed by atoms with E-state index in [1.807, 2.05) is 0 Å². The second-order valence-corrected chi connectivity index (χ2v) is 4.54. The van der Waals surface area contributed by atoms with Crippen molar-refractivity contribution in [2.24, 2.45) is 0 Å². The van der Waals surface area contributed by atoms with Crippen LogP contribution in [0.1, 0.15) is 60.3 Å². The van der Waals surface area contributed by atoms with Crippen LogP contribution in [0.25, 0.3) is 0 Å². The summed E-state index contributed by atoms with van der Waals surface area (Å²) in [5, 5.41) is 0. The standard InChI is InChI=1S/C15H26/c1-6-14(4)10-8-12-15(5)11-7-9-13(2)3/h6,9,12H,7-8,10-11H2,1-5H3/b14-6?,15-12+. The van der Waals surface area contributed by atoms with Crippen LogP contribution in [-0.4, -0.2) is 0 Å². The zero-order valence-corrected chi connectivity index (χ0v) is 11.1. The first kappa shape index (κ1) is 14.2. The lowest BCUT2D eigenvalue weighted by Gasteiger charge is -2.00. The Morgan fingerprint density at radius 3 is 1.87 bits per heavy atom. The molecule has 0 saturated heterocycles. The van der Waals surface area contributed by atoms with Crippen molar-refractivity contribution in [3.63, 3.8) is 0 Å². The van der Waals surface area contributed by atoms with Gasteiger partial charge in [-0.2, -0.15) is 0 Å². The van der Waals surface area contributed by atoms with Crippen LogP contribution in [-0.2, 0) is 0 Å². The maximum atomic E-state index is 2.38. The van der Waals surface area contributed by atoms with Gasteiger partial charge in [0.2, 0.25) is 0 Å². The van der Waals surface area contributed by atoms with Crippen molar-refractivity contribution < 1.29 is 0 Å². The Hall–Kier alpha value is -0.780. The van der Waals surface area contributed by atoms with Crippen LogP contribution < -0.4 is 0 Å². The molecule has 0 bridgehead atoms. The molecule has 0 heterocycles. The zero-order chi connectivity index (χ0) is 11.7. The molecule has 0 aromatic rings. The summed E-state index contributed by atoms with van der Waals surface area (Å²) in [5.74, 6) is 0. The van der Waals surface area contributed by atoms with Gasteiger partial charge in [0.15, 0.2) is 0 Å². The summed E-state index contributed by atoms with van der Waals surface area (Å²) in [6.07, 6.45) is 11.7. The van der Waals surface area contributed by atoms with E-state index in [4.69, 9.17) is 0 Å². The van der Waals surface area contributed by atoms with Gasteiger partial charge in [0.25, 0.3) is 0 Å². The molecule has 0 aliphatic carbocycles. The molecule has 0 radical (unpaired) electrons. The molecule has 0 aromatic heterocycles. The zero-order valence-electron chi connectivity index (χ0n) is 11.1. The highest BCUT2D eigenvalue weighted by molar-refractivity contribution is 5.04. The Balaban J connectivity index is 3.75. The molecule has 0 nitrogen and oxygen atoms in total. The van der Waals surface area contributed by atoms with Gasteiger partial charge < -0.3 is 0 Å². The lowest BCUT2D eigenvalue weighted by Crippen LogP contribution is -1.80. The predicted octanol–water partition coefficient (Wildman–Crippen LogP) is 5.43. The van der Waals surface area contributed by atoms with Crippen LogP contribution in [0.5, 0.6) is 0 Å². The average Bonchev–Trinajstić information content (AvgIpc) is 2.17. The highest BCUT2D eigenvalue weighted by Gasteiger charge is 1.90. The van der Waals surface area contributed by atoms with Gasteiger partial charge >= 0.3 is 0 Å². The molecular weight excluding hydrogens is 180 g/mol. The van der Waals surface area contributed by atoms with Gasteiger partial charge in [-0.15, -0.1) is 0 Å². The van der Waals surface area contributed by atoms with Crippen LogP contribution in [0.2, 0.25) is 0 Å². The Morgan fingerprint density at radius 2 is 1.33 bits per heavy atom. The maximum absolute atomic E-state index is 2.38. The minimum Gasteiger partial charge on any atom is -0.0887 e. The van der Waals surface area contributed by atoms with Gasteiger partial charge in [-0.1, -0.05) is 34.9 Å². The summed E-state index contributed by atoms with van der Waals surface area (Å²) < 4.78 is 0. The molecule has 0 N–H and O–H groups in total. The summed E-state index contributed by atoms with van der Waals surface area (Å²) in [6.45, 7) is 10.9. The second kappa shape index (κ2) is 8.52. The highest BCUT2D eigenvalue weighted by atomic mass is 14.0. The smallest absolute Gasteiger partial charge is 0.0288 e. The molecule has 0 fully saturated rings. The molecule has 0 saturated carbocycles. The molecule has 0 aliphatic heterocycles. The minimum absolute atomic E-state index is 1.19. The molecule has 0 atom stereocenters. The first-order valence-corrected chi connectivity index (χ1v) is 5.97. The fourth-order valence-electron chi connectivity index (χ4n) is 1.38. The first-order valence-electron chi connectivity index (χ1n) is 5.97. The van der Waals surface area contributed by atoms with Gasteiger partial charge in [0.1, 0.15) is 0 Å². The van der Waals surface area contributed by atoms with Gasteiger partial charge in [-0.05, 0) is 60.3 Å². The second-order valence-electron chi connectivity index (χ2n) is 4.54. The van der Waals surface area contributed by atoms with Gasteiger partial charge in [-0.3, -0.25) is 0 Å². The summed E-state index contributed by atoms with van der Waals surface area (Å²) in [7, 11) is 0. The van der Waals surface area contributed by atoms with Gasteiger partial charge in [0, 0.05) is 0 Å². The van der Waals surface area contributed by atoms with Crippen molar-refractivity contribution in [1.29, 1.82) is 0 Å². The van der Waals surface area contributed by atoms with E-state index in [9.17, 15) is 0 Å². The summed E-state index contributed by atoms with van der Waals surface area (Å²) >= 11 is 0. The molecule has 0 heteroatoms. The summed E-state index contributed by atoms with van der Waals surface area (Å²) in [5.41, 5.74) is 4.44. The largest absolute Gasteiger partial charge is 0.0887 e. The molecule has 0 aliphatic rings. The van der Waals surface area contributed by atoms with E-state index in [0.717, 1.165) is 0 Å². The predicted molar refractivity (Wildman–Crippen MR) is 71.1 cm³/mol. The fraction of sp³-hybridized carbons (Fsp3) is 0.600. The SMILES string of the molecule is CC=C(C)CC/C=C(\C)CCC=C(C)C. The van der Waals surface area contributed by atoms with Crippen LogP contribution in [0.15, 0.2) is 34.9 Å². The maximum Gasteiger partial charge on any atom is -0.0288 e. The lowest BCUT2D eigenvalue weighted by molar-refractivity contribution is 0.917. The summed E-state index contributed by atoms with van der Waals surface area (Å²) in [6, 6.07) is 0. The van der Waals surface area contributed by atoms with E-state index >= 15 is 0 Å². The number of hydrogen-bond donors (Lipinski definition) is 0. The van der Waals surface area contributed by atoms with Crippen LogP contribution in [0.3, 0.4) is 0 Å². The first-order chi connectivity index (χ1) is 7.06. The molecule has 0 aromatic carbocycles. The third-order valence-electron chi connectivity index (χ3n) is 2.62. The topological polar surface area (TPSA) is 0 Å². The minimum atomic E-state index is 1.19. The van der Waals surface area contributed by atoms with E-state index in [2.05, 4.69) is 52.8 Å². The number of rotatable bonds is 6. The lowest BCUT2D eigenvalue weighted by atomic mass is 10.1. The van der Waals surface area contributed by atoms with Crippen molar-refractivity contribution >= 4 is 0 Å². The van der Waals surface area contributed by atoms with E-state index in [1.54, 1.807) is 0 Å². The number of hydrogen-bond acceptors (Lipinski definition) is 0. The molecule has 15 heavy (non-hydrogen) atoms. The van der Waals surface area contributed by atoms with Crippen molar-refractivity contribution in [3.05, 3.63) is 34.9 Å². The molecule has 86 valence electrons. The Labute approximate surface area is 95.8 Å². The van der Waals surface area contributed by atoms with Crippen molar-refractivity contribution in [1.82, 2.24) is 0 Å². The van der Waals surface area contributed by atoms with E-state index in [1.165, 1.54) is 42.4 Å². The number of allylic oxidation sites excluding steroid dienone is 6. The molecule has 0 amide bonds. The summed E-state index contributed by atoms with van der Waals surface area (Å²) in [4.78, 5) is 0. The normalized spacial score (nSPS) is 12.9. The molecule has 0 rings (SSSR count). The van der Waals surface area contributed by atoms with E-state index < -0.39 is 0 Å². The fourth-order valence-corrected chi connectivity index (χ4v) is 1.38. The van der Waals surface area contributed by atoms with Gasteiger partial charge in [0.05, 0.1) is 0 Å². The third-order valence-corrected chi connectivity index (χ3v) is 2.62. The molecular formula is C15H26. The van der Waals surface area contributed by atoms with Crippen molar-refractivity contribution in [2.45, 2.75) is 60.3 Å². The average molecular weight is 206 g/mol. The van der Waals surface area contributed by atoms with Crippen LogP contribution in [0, 0.1) is 0 Å². The third kappa shape index (κ3) is 9.52. The van der Waals surface area contributed by atoms with E-state index in [0.29, 0.717) is 0 Å². The quantitative estimate of drug-likeness (QED) is 0.509. The monoisotopic (exact) mass is 206 g/mol. The Kier molecular flexibility index (Phi) is 8.08. The Morgan fingerprint density at radius 1 is 0.800 bits per heavy atom. The molecule has 0 spiro atoms. The van der Waals surface area contributed by atoms with Crippen LogP contribution >= 0.6 is 0 Å². The highest BCUT2D eigenvalue weighted by Crippen LogP contribution is 2.10.